The van der Waals surface area contributed by atoms with Gasteiger partial charge >= 0.3 is 0 Å². The number of benzene rings is 1. The molecule has 1 amide bonds. The third-order valence-electron chi connectivity index (χ3n) is 6.72. The minimum Gasteiger partial charge on any atom is -0.493 e. The quantitative estimate of drug-likeness (QED) is 0.338. The molecule has 1 N–H and O–H groups in total. The van der Waals surface area contributed by atoms with Gasteiger partial charge in [0.25, 0.3) is 0 Å². The first kappa shape index (κ1) is 27.2. The van der Waals surface area contributed by atoms with E-state index in [1.165, 1.54) is 16.6 Å². The van der Waals surface area contributed by atoms with Crippen molar-refractivity contribution in [2.45, 2.75) is 59.0 Å². The van der Waals surface area contributed by atoms with Crippen LogP contribution in [0.15, 0.2) is 29.4 Å². The molecule has 1 aromatic carbocycles. The van der Waals surface area contributed by atoms with Gasteiger partial charge in [-0.2, -0.15) is 5.26 Å². The molecule has 2 heterocycles. The van der Waals surface area contributed by atoms with Gasteiger partial charge in [0.1, 0.15) is 16.8 Å². The highest BCUT2D eigenvalue weighted by atomic mass is 32.2. The summed E-state index contributed by atoms with van der Waals surface area (Å²) in [7, 11) is 1.89. The molecule has 2 aromatic heterocycles. The fraction of sp³-hybridized carbons (Fsp3) is 0.500. The van der Waals surface area contributed by atoms with Crippen LogP contribution >= 0.6 is 23.1 Å². The topological polar surface area (TPSA) is 92.8 Å². The number of fused-ring (bicyclic) bond motifs is 1. The maximum absolute atomic E-state index is 12.8. The van der Waals surface area contributed by atoms with E-state index >= 15 is 0 Å². The Hall–Kier alpha value is -2.83. The van der Waals surface area contributed by atoms with Gasteiger partial charge in [-0.3, -0.25) is 4.79 Å². The van der Waals surface area contributed by atoms with Crippen LogP contribution in [0.5, 0.6) is 5.75 Å². The summed E-state index contributed by atoms with van der Waals surface area (Å²) in [6.07, 6.45) is 2.94. The maximum Gasteiger partial charge on any atom is 0.235 e. The van der Waals surface area contributed by atoms with Crippen molar-refractivity contribution in [1.29, 1.82) is 5.26 Å². The fourth-order valence-corrected chi connectivity index (χ4v) is 6.48. The van der Waals surface area contributed by atoms with Crippen molar-refractivity contribution in [3.63, 3.8) is 0 Å². The van der Waals surface area contributed by atoms with Crippen LogP contribution in [0.1, 0.15) is 57.0 Å². The van der Waals surface area contributed by atoms with Gasteiger partial charge in [-0.25, -0.2) is 0 Å². The van der Waals surface area contributed by atoms with E-state index < -0.39 is 0 Å². The van der Waals surface area contributed by atoms with Crippen LogP contribution < -0.4 is 10.1 Å². The normalized spacial score (nSPS) is 15.4. The lowest BCUT2D eigenvalue weighted by Crippen LogP contribution is -2.26. The molecule has 0 spiro atoms. The van der Waals surface area contributed by atoms with E-state index in [-0.39, 0.29) is 17.1 Å². The molecule has 1 aliphatic rings. The van der Waals surface area contributed by atoms with Gasteiger partial charge in [0.2, 0.25) is 5.91 Å². The number of thioether (sulfide) groups is 1. The SMILES string of the molecule is CC(C)COc1ccc(-c2nnc(SCC(=O)Nc3sc4c(c3C#N)CCC(C(C)(C)C)C4)n2C)cc1. The molecule has 0 aliphatic heterocycles. The van der Waals surface area contributed by atoms with E-state index in [2.05, 4.69) is 56.2 Å². The number of aromatic nitrogens is 3. The Morgan fingerprint density at radius 1 is 1.30 bits per heavy atom. The molecule has 7 nitrogen and oxygen atoms in total. The number of nitriles is 1. The first-order valence-corrected chi connectivity index (χ1v) is 14.5. The summed E-state index contributed by atoms with van der Waals surface area (Å²) in [5, 5.41) is 22.7. The van der Waals surface area contributed by atoms with Crippen molar-refractivity contribution in [3.05, 3.63) is 40.3 Å². The highest BCUT2D eigenvalue weighted by Crippen LogP contribution is 2.44. The molecule has 9 heteroatoms. The fourth-order valence-electron chi connectivity index (χ4n) is 4.48. The van der Waals surface area contributed by atoms with Gasteiger partial charge in [0.15, 0.2) is 11.0 Å². The molecular weight excluding hydrogens is 502 g/mol. The summed E-state index contributed by atoms with van der Waals surface area (Å²) in [4.78, 5) is 14.1. The van der Waals surface area contributed by atoms with Crippen LogP contribution in [0.3, 0.4) is 0 Å². The van der Waals surface area contributed by atoms with Gasteiger partial charge in [-0.1, -0.05) is 46.4 Å². The van der Waals surface area contributed by atoms with Crippen LogP contribution in [0.2, 0.25) is 0 Å². The maximum atomic E-state index is 12.8. The molecule has 3 aromatic rings. The van der Waals surface area contributed by atoms with E-state index in [0.717, 1.165) is 42.0 Å². The predicted molar refractivity (Wildman–Crippen MR) is 150 cm³/mol. The number of amides is 1. The Labute approximate surface area is 227 Å². The Morgan fingerprint density at radius 3 is 2.68 bits per heavy atom. The molecule has 1 unspecified atom stereocenters. The van der Waals surface area contributed by atoms with E-state index in [9.17, 15) is 10.1 Å². The van der Waals surface area contributed by atoms with Crippen LogP contribution in [0.25, 0.3) is 11.4 Å². The lowest BCUT2D eigenvalue weighted by Gasteiger charge is -2.33. The van der Waals surface area contributed by atoms with Gasteiger partial charge in [0.05, 0.1) is 17.9 Å². The van der Waals surface area contributed by atoms with Gasteiger partial charge in [0, 0.05) is 17.5 Å². The average Bonchev–Trinajstić information content (AvgIpc) is 3.39. The summed E-state index contributed by atoms with van der Waals surface area (Å²) in [5.41, 5.74) is 2.91. The van der Waals surface area contributed by atoms with E-state index in [4.69, 9.17) is 4.74 Å². The van der Waals surface area contributed by atoms with Crippen LogP contribution in [-0.2, 0) is 24.7 Å². The number of carbonyl (C=O) groups excluding carboxylic acids is 1. The van der Waals surface area contributed by atoms with Crippen molar-refractivity contribution in [2.24, 2.45) is 24.3 Å². The smallest absolute Gasteiger partial charge is 0.235 e. The Kier molecular flexibility index (Phi) is 8.29. The largest absolute Gasteiger partial charge is 0.493 e. The standard InChI is InChI=1S/C28H35N5O2S2/c1-17(2)15-35-20-10-7-18(8-11-20)25-31-32-27(33(25)6)36-16-24(34)30-26-22(14-29)21-12-9-19(28(3,4)5)13-23(21)37-26/h7-8,10-11,17,19H,9,12-13,15-16H2,1-6H3,(H,30,34). The molecule has 0 saturated heterocycles. The van der Waals surface area contributed by atoms with E-state index in [1.54, 1.807) is 11.3 Å². The summed E-state index contributed by atoms with van der Waals surface area (Å²) < 4.78 is 7.65. The van der Waals surface area contributed by atoms with Crippen molar-refractivity contribution >= 4 is 34.0 Å². The molecule has 0 fully saturated rings. The molecule has 196 valence electrons. The van der Waals surface area contributed by atoms with E-state index in [0.29, 0.717) is 34.2 Å². The zero-order valence-electron chi connectivity index (χ0n) is 22.4. The van der Waals surface area contributed by atoms with Crippen molar-refractivity contribution in [2.75, 3.05) is 17.7 Å². The number of hydrogen-bond donors (Lipinski definition) is 1. The molecular formula is C28H35N5O2S2. The number of carbonyl (C=O) groups is 1. The molecule has 1 aliphatic carbocycles. The van der Waals surface area contributed by atoms with Crippen molar-refractivity contribution < 1.29 is 9.53 Å². The second kappa shape index (κ2) is 11.3. The summed E-state index contributed by atoms with van der Waals surface area (Å²) in [6, 6.07) is 10.1. The number of rotatable bonds is 8. The van der Waals surface area contributed by atoms with Gasteiger partial charge < -0.3 is 14.6 Å². The van der Waals surface area contributed by atoms with Crippen molar-refractivity contribution in [3.8, 4) is 23.2 Å². The Balaban J connectivity index is 1.38. The Bertz CT molecular complexity index is 1300. The second-order valence-corrected chi connectivity index (χ2v) is 13.1. The van der Waals surface area contributed by atoms with Crippen LogP contribution in [0, 0.1) is 28.6 Å². The zero-order chi connectivity index (χ0) is 26.7. The number of nitrogens with one attached hydrogen (secondary N) is 1. The molecule has 0 saturated carbocycles. The number of ether oxygens (including phenoxy) is 1. The molecule has 0 radical (unpaired) electrons. The minimum atomic E-state index is -0.149. The Morgan fingerprint density at radius 2 is 2.03 bits per heavy atom. The van der Waals surface area contributed by atoms with Gasteiger partial charge in [-0.05, 0) is 66.3 Å². The number of hydrogen-bond acceptors (Lipinski definition) is 7. The molecule has 0 bridgehead atoms. The first-order valence-electron chi connectivity index (χ1n) is 12.7. The highest BCUT2D eigenvalue weighted by molar-refractivity contribution is 7.99. The zero-order valence-corrected chi connectivity index (χ0v) is 24.1. The molecule has 1 atom stereocenters. The lowest BCUT2D eigenvalue weighted by molar-refractivity contribution is -0.113. The number of nitrogens with zero attached hydrogens (tertiary/aromatic N) is 4. The van der Waals surface area contributed by atoms with Gasteiger partial charge in [-0.15, -0.1) is 21.5 Å². The number of thiophene rings is 1. The average molecular weight is 538 g/mol. The molecule has 4 rings (SSSR count). The summed E-state index contributed by atoms with van der Waals surface area (Å²) >= 11 is 2.89. The third kappa shape index (κ3) is 6.36. The second-order valence-electron chi connectivity index (χ2n) is 11.1. The monoisotopic (exact) mass is 537 g/mol. The number of anilines is 1. The van der Waals surface area contributed by atoms with Crippen LogP contribution in [0.4, 0.5) is 5.00 Å². The van der Waals surface area contributed by atoms with Crippen LogP contribution in [-0.4, -0.2) is 33.0 Å². The summed E-state index contributed by atoms with van der Waals surface area (Å²) in [5.74, 6) is 2.64. The van der Waals surface area contributed by atoms with Crippen molar-refractivity contribution in [1.82, 2.24) is 14.8 Å². The predicted octanol–water partition coefficient (Wildman–Crippen LogP) is 6.33. The van der Waals surface area contributed by atoms with E-state index in [1.807, 2.05) is 35.9 Å². The lowest BCUT2D eigenvalue weighted by atomic mass is 9.72. The first-order chi connectivity index (χ1) is 17.6. The highest BCUT2D eigenvalue weighted by Gasteiger charge is 2.32. The molecule has 37 heavy (non-hydrogen) atoms. The third-order valence-corrected chi connectivity index (χ3v) is 8.91. The summed E-state index contributed by atoms with van der Waals surface area (Å²) in [6.45, 7) is 11.7. The minimum absolute atomic E-state index is 0.149.